The topological polar surface area (TPSA) is 9.23 Å². The fourth-order valence-electron chi connectivity index (χ4n) is 3.38. The monoisotopic (exact) mass is 338 g/mol. The van der Waals surface area contributed by atoms with Gasteiger partial charge in [0.1, 0.15) is 0 Å². The van der Waals surface area contributed by atoms with Crippen LogP contribution in [0.1, 0.15) is 129 Å². The second-order valence-corrected chi connectivity index (χ2v) is 7.46. The molecule has 0 aromatic heterocycles. The summed E-state index contributed by atoms with van der Waals surface area (Å²) in [6, 6.07) is 0. The van der Waals surface area contributed by atoms with Crippen LogP contribution >= 0.6 is 0 Å². The lowest BCUT2D eigenvalue weighted by Crippen LogP contribution is -1.89. The zero-order valence-corrected chi connectivity index (χ0v) is 17.2. The third-order valence-electron chi connectivity index (χ3n) is 4.99. The van der Waals surface area contributed by atoms with E-state index in [0.717, 1.165) is 0 Å². The molecule has 0 aromatic carbocycles. The van der Waals surface area contributed by atoms with Crippen molar-refractivity contribution in [3.63, 3.8) is 0 Å². The quantitative estimate of drug-likeness (QED) is 0.169. The third kappa shape index (κ3) is 17.9. The number of hydrogen-bond donors (Lipinski definition) is 0. The Hall–Kier alpha value is -0.460. The number of unbranched alkanes of at least 4 members (excludes halogenated alkanes) is 14. The lowest BCUT2D eigenvalue weighted by molar-refractivity contribution is 0.330. The Morgan fingerprint density at radius 2 is 0.875 bits per heavy atom. The summed E-state index contributed by atoms with van der Waals surface area (Å²) in [4.78, 5) is 0. The van der Waals surface area contributed by atoms with Crippen molar-refractivity contribution in [3.05, 3.63) is 11.8 Å². The molecule has 0 radical (unpaired) electrons. The van der Waals surface area contributed by atoms with Crippen LogP contribution in [-0.2, 0) is 4.74 Å². The van der Waals surface area contributed by atoms with Gasteiger partial charge < -0.3 is 4.74 Å². The first-order chi connectivity index (χ1) is 11.8. The summed E-state index contributed by atoms with van der Waals surface area (Å²) in [7, 11) is 1.79. The molecule has 0 unspecified atom stereocenters. The largest absolute Gasteiger partial charge is 0.504 e. The molecule has 0 amide bonds. The molecule has 0 bridgehead atoms. The van der Waals surface area contributed by atoms with Crippen LogP contribution in [-0.4, -0.2) is 7.11 Å². The van der Waals surface area contributed by atoms with Crippen molar-refractivity contribution >= 4 is 0 Å². The molecule has 0 spiro atoms. The van der Waals surface area contributed by atoms with Crippen LogP contribution in [0, 0.1) is 0 Å². The molecule has 24 heavy (non-hydrogen) atoms. The molecule has 0 aromatic rings. The summed E-state index contributed by atoms with van der Waals surface area (Å²) in [6.07, 6.45) is 27.0. The number of rotatable bonds is 19. The van der Waals surface area contributed by atoms with Crippen LogP contribution < -0.4 is 0 Å². The van der Waals surface area contributed by atoms with Gasteiger partial charge in [0.2, 0.25) is 0 Å². The van der Waals surface area contributed by atoms with Crippen molar-refractivity contribution in [2.75, 3.05) is 7.11 Å². The maximum absolute atomic E-state index is 5.29. The van der Waals surface area contributed by atoms with Crippen molar-refractivity contribution in [2.24, 2.45) is 0 Å². The Balaban J connectivity index is 3.49. The van der Waals surface area contributed by atoms with Crippen LogP contribution in [0.15, 0.2) is 11.8 Å². The Labute approximate surface area is 153 Å². The Bertz CT molecular complexity index is 235. The maximum Gasteiger partial charge on any atom is 0.0816 e. The molecule has 0 aliphatic rings. The van der Waals surface area contributed by atoms with E-state index in [4.69, 9.17) is 4.74 Å². The zero-order chi connectivity index (χ0) is 17.7. The molecule has 0 heterocycles. The van der Waals surface area contributed by atoms with Crippen molar-refractivity contribution in [2.45, 2.75) is 129 Å². The van der Waals surface area contributed by atoms with Crippen LogP contribution in [0.5, 0.6) is 0 Å². The van der Waals surface area contributed by atoms with Gasteiger partial charge in [0.15, 0.2) is 0 Å². The molecule has 0 N–H and O–H groups in total. The van der Waals surface area contributed by atoms with E-state index >= 15 is 0 Å². The van der Waals surface area contributed by atoms with E-state index in [1.54, 1.807) is 7.11 Å². The van der Waals surface area contributed by atoms with Crippen LogP contribution in [0.4, 0.5) is 0 Å². The first kappa shape index (κ1) is 23.5. The molecule has 1 nitrogen and oxygen atoms in total. The summed E-state index contributed by atoms with van der Waals surface area (Å²) in [6.45, 7) is 4.58. The average Bonchev–Trinajstić information content (AvgIpc) is 2.59. The third-order valence-corrected chi connectivity index (χ3v) is 4.99. The minimum Gasteiger partial charge on any atom is -0.504 e. The predicted molar refractivity (Wildman–Crippen MR) is 110 cm³/mol. The van der Waals surface area contributed by atoms with E-state index in [1.165, 1.54) is 121 Å². The van der Waals surface area contributed by atoms with Gasteiger partial charge in [-0.2, -0.15) is 0 Å². The van der Waals surface area contributed by atoms with Crippen molar-refractivity contribution in [3.8, 4) is 0 Å². The summed E-state index contributed by atoms with van der Waals surface area (Å²) in [5, 5.41) is 0. The molecular formula is C23H46O. The highest BCUT2D eigenvalue weighted by molar-refractivity contribution is 4.97. The number of methoxy groups -OCH3 is 1. The van der Waals surface area contributed by atoms with E-state index in [9.17, 15) is 0 Å². The van der Waals surface area contributed by atoms with Gasteiger partial charge in [-0.05, 0) is 31.3 Å². The van der Waals surface area contributed by atoms with E-state index in [0.29, 0.717) is 0 Å². The second kappa shape index (κ2) is 20.6. The molecule has 0 aliphatic heterocycles. The summed E-state index contributed by atoms with van der Waals surface area (Å²) < 4.78 is 5.29. The van der Waals surface area contributed by atoms with Gasteiger partial charge >= 0.3 is 0 Å². The smallest absolute Gasteiger partial charge is 0.0816 e. The molecular weight excluding hydrogens is 292 g/mol. The standard InChI is InChI=1S/C23H46O/c1-4-6-8-10-12-14-16-18-20-23(22-24-3)21-19-17-15-13-11-9-7-5-2/h22H,4-21H2,1-3H3. The molecule has 0 saturated carbocycles. The molecule has 0 aliphatic carbocycles. The van der Waals surface area contributed by atoms with E-state index in [-0.39, 0.29) is 0 Å². The molecule has 1 heteroatoms. The fourth-order valence-corrected chi connectivity index (χ4v) is 3.38. The van der Waals surface area contributed by atoms with E-state index in [2.05, 4.69) is 13.8 Å². The Kier molecular flexibility index (Phi) is 20.2. The average molecular weight is 339 g/mol. The van der Waals surface area contributed by atoms with Crippen LogP contribution in [0.25, 0.3) is 0 Å². The highest BCUT2D eigenvalue weighted by atomic mass is 16.5. The molecule has 0 saturated heterocycles. The van der Waals surface area contributed by atoms with E-state index in [1.807, 2.05) is 6.26 Å². The predicted octanol–water partition coefficient (Wildman–Crippen LogP) is 8.58. The Morgan fingerprint density at radius 3 is 1.21 bits per heavy atom. The first-order valence-electron chi connectivity index (χ1n) is 11.1. The van der Waals surface area contributed by atoms with Gasteiger partial charge in [0.05, 0.1) is 13.4 Å². The van der Waals surface area contributed by atoms with Crippen molar-refractivity contribution in [1.82, 2.24) is 0 Å². The Morgan fingerprint density at radius 1 is 0.542 bits per heavy atom. The van der Waals surface area contributed by atoms with Crippen LogP contribution in [0.2, 0.25) is 0 Å². The summed E-state index contributed by atoms with van der Waals surface area (Å²) in [5.41, 5.74) is 1.54. The second-order valence-electron chi connectivity index (χ2n) is 7.46. The fraction of sp³-hybridized carbons (Fsp3) is 0.913. The van der Waals surface area contributed by atoms with Crippen LogP contribution in [0.3, 0.4) is 0 Å². The minimum atomic E-state index is 1.25. The number of hydrogen-bond acceptors (Lipinski definition) is 1. The highest BCUT2D eigenvalue weighted by Crippen LogP contribution is 2.19. The van der Waals surface area contributed by atoms with Gasteiger partial charge in [-0.3, -0.25) is 0 Å². The zero-order valence-electron chi connectivity index (χ0n) is 17.2. The van der Waals surface area contributed by atoms with E-state index < -0.39 is 0 Å². The summed E-state index contributed by atoms with van der Waals surface area (Å²) >= 11 is 0. The molecule has 0 fully saturated rings. The van der Waals surface area contributed by atoms with Gasteiger partial charge in [-0.1, -0.05) is 104 Å². The van der Waals surface area contributed by atoms with Gasteiger partial charge in [-0.15, -0.1) is 0 Å². The molecule has 0 rings (SSSR count). The molecule has 144 valence electrons. The molecule has 0 atom stereocenters. The van der Waals surface area contributed by atoms with Crippen molar-refractivity contribution < 1.29 is 4.74 Å². The maximum atomic E-state index is 5.29. The lowest BCUT2D eigenvalue weighted by atomic mass is 10.00. The normalized spacial score (nSPS) is 10.8. The van der Waals surface area contributed by atoms with Crippen molar-refractivity contribution in [1.29, 1.82) is 0 Å². The summed E-state index contributed by atoms with van der Waals surface area (Å²) in [5.74, 6) is 0. The van der Waals surface area contributed by atoms with Gasteiger partial charge in [0, 0.05) is 0 Å². The first-order valence-corrected chi connectivity index (χ1v) is 11.1. The van der Waals surface area contributed by atoms with Gasteiger partial charge in [0.25, 0.3) is 0 Å². The minimum absolute atomic E-state index is 1.25. The number of allylic oxidation sites excluding steroid dienone is 1. The highest BCUT2D eigenvalue weighted by Gasteiger charge is 2.00. The van der Waals surface area contributed by atoms with Gasteiger partial charge in [-0.25, -0.2) is 0 Å². The number of ether oxygens (including phenoxy) is 1. The SMILES string of the molecule is CCCCCCCCCCC(=COC)CCCCCCCCCC. The lowest BCUT2D eigenvalue weighted by Gasteiger charge is -2.08.